The van der Waals surface area contributed by atoms with E-state index in [-0.39, 0.29) is 13.1 Å². The number of hydrogen-bond acceptors (Lipinski definition) is 4. The highest BCUT2D eigenvalue weighted by Crippen LogP contribution is 2.43. The van der Waals surface area contributed by atoms with Crippen molar-refractivity contribution in [2.75, 3.05) is 27.2 Å². The van der Waals surface area contributed by atoms with Gasteiger partial charge in [-0.1, -0.05) is 0 Å². The third-order valence-corrected chi connectivity index (χ3v) is 4.46. The van der Waals surface area contributed by atoms with Crippen molar-refractivity contribution in [3.05, 3.63) is 0 Å². The second kappa shape index (κ2) is 4.19. The molecule has 2 atom stereocenters. The Hall–Kier alpha value is -2.12. The molecule has 0 aromatic heterocycles. The van der Waals surface area contributed by atoms with E-state index < -0.39 is 34.7 Å². The lowest BCUT2D eigenvalue weighted by atomic mass is 9.62. The Balaban J connectivity index is 2.41. The second-order valence-electron chi connectivity index (χ2n) is 5.89. The molecule has 0 aromatic carbocycles. The molecule has 2 aliphatic heterocycles. The number of carbonyl (C=O) groups excluding carboxylic acids is 4. The Kier molecular flexibility index (Phi) is 2.99. The first-order chi connectivity index (χ1) is 9.11. The van der Waals surface area contributed by atoms with Crippen LogP contribution >= 0.6 is 0 Å². The molecule has 110 valence electrons. The van der Waals surface area contributed by atoms with Crippen molar-refractivity contribution in [1.29, 1.82) is 0 Å². The molecule has 2 aliphatic rings. The predicted molar refractivity (Wildman–Crippen MR) is 68.6 cm³/mol. The van der Waals surface area contributed by atoms with Gasteiger partial charge in [0, 0.05) is 27.2 Å². The summed E-state index contributed by atoms with van der Waals surface area (Å²) in [4.78, 5) is 50.3. The molecule has 2 saturated heterocycles. The normalized spacial score (nSPS) is 35.0. The van der Waals surface area contributed by atoms with E-state index in [9.17, 15) is 19.2 Å². The van der Waals surface area contributed by atoms with Crippen molar-refractivity contribution in [1.82, 2.24) is 20.4 Å². The molecule has 0 unspecified atom stereocenters. The molecule has 20 heavy (non-hydrogen) atoms. The maximum atomic E-state index is 12.3. The van der Waals surface area contributed by atoms with Gasteiger partial charge in [0.25, 0.3) is 0 Å². The minimum absolute atomic E-state index is 0.115. The van der Waals surface area contributed by atoms with Gasteiger partial charge in [0.05, 0.1) is 10.8 Å². The van der Waals surface area contributed by atoms with Gasteiger partial charge in [-0.05, 0) is 13.8 Å². The predicted octanol–water partition coefficient (Wildman–Crippen LogP) is -0.638. The molecule has 0 bridgehead atoms. The van der Waals surface area contributed by atoms with Gasteiger partial charge in [-0.25, -0.2) is 9.59 Å². The summed E-state index contributed by atoms with van der Waals surface area (Å²) in [6.45, 7) is 3.50. The lowest BCUT2D eigenvalue weighted by Gasteiger charge is -2.50. The van der Waals surface area contributed by atoms with Crippen LogP contribution in [-0.2, 0) is 9.59 Å². The lowest BCUT2D eigenvalue weighted by molar-refractivity contribution is -0.154. The van der Waals surface area contributed by atoms with Gasteiger partial charge >= 0.3 is 12.1 Å². The Morgan fingerprint density at radius 1 is 0.800 bits per heavy atom. The van der Waals surface area contributed by atoms with Crippen LogP contribution in [0.3, 0.4) is 0 Å². The Labute approximate surface area is 116 Å². The van der Waals surface area contributed by atoms with Crippen LogP contribution in [0, 0.1) is 10.8 Å². The summed E-state index contributed by atoms with van der Waals surface area (Å²) in [5, 5.41) is 4.51. The highest BCUT2D eigenvalue weighted by Gasteiger charge is 2.60. The monoisotopic (exact) mass is 282 g/mol. The largest absolute Gasteiger partial charge is 0.326 e. The van der Waals surface area contributed by atoms with Crippen LogP contribution in [0.1, 0.15) is 13.8 Å². The van der Waals surface area contributed by atoms with Crippen molar-refractivity contribution in [3.63, 3.8) is 0 Å². The first-order valence-corrected chi connectivity index (χ1v) is 6.25. The van der Waals surface area contributed by atoms with Gasteiger partial charge in [-0.15, -0.1) is 0 Å². The van der Waals surface area contributed by atoms with Crippen LogP contribution in [0.25, 0.3) is 0 Å². The SMILES string of the molecule is CN1C[C@](C)([C@]2(C)CN(C)C(=O)NC2=O)C(=O)NC1=O. The molecular formula is C12H18N4O4. The van der Waals surface area contributed by atoms with Crippen molar-refractivity contribution in [3.8, 4) is 0 Å². The quantitative estimate of drug-likeness (QED) is 0.668. The third kappa shape index (κ3) is 1.75. The summed E-state index contributed by atoms with van der Waals surface area (Å²) in [7, 11) is 3.11. The third-order valence-electron chi connectivity index (χ3n) is 4.46. The molecule has 8 nitrogen and oxygen atoms in total. The fourth-order valence-electron chi connectivity index (χ4n) is 2.75. The number of imide groups is 2. The minimum atomic E-state index is -1.12. The van der Waals surface area contributed by atoms with E-state index in [0.29, 0.717) is 0 Å². The number of nitrogens with zero attached hydrogens (tertiary/aromatic N) is 2. The Morgan fingerprint density at radius 2 is 1.10 bits per heavy atom. The zero-order valence-corrected chi connectivity index (χ0v) is 11.9. The van der Waals surface area contributed by atoms with Crippen LogP contribution in [0.5, 0.6) is 0 Å². The molecule has 2 heterocycles. The molecule has 0 aliphatic carbocycles. The minimum Gasteiger partial charge on any atom is -0.326 e. The number of carbonyl (C=O) groups is 4. The van der Waals surface area contributed by atoms with E-state index in [4.69, 9.17) is 0 Å². The first kappa shape index (κ1) is 14.3. The topological polar surface area (TPSA) is 98.8 Å². The summed E-state index contributed by atoms with van der Waals surface area (Å²) in [5.41, 5.74) is -2.23. The summed E-state index contributed by atoms with van der Waals surface area (Å²) < 4.78 is 0. The van der Waals surface area contributed by atoms with Gasteiger partial charge in [0.1, 0.15) is 0 Å². The molecule has 0 spiro atoms. The Morgan fingerprint density at radius 3 is 1.40 bits per heavy atom. The molecule has 0 saturated carbocycles. The van der Waals surface area contributed by atoms with E-state index in [1.54, 1.807) is 27.9 Å². The van der Waals surface area contributed by atoms with Gasteiger partial charge < -0.3 is 9.80 Å². The van der Waals surface area contributed by atoms with Crippen molar-refractivity contribution >= 4 is 23.9 Å². The molecule has 0 radical (unpaired) electrons. The number of rotatable bonds is 1. The molecule has 2 fully saturated rings. The highest BCUT2D eigenvalue weighted by atomic mass is 16.2. The van der Waals surface area contributed by atoms with Crippen LogP contribution < -0.4 is 10.6 Å². The first-order valence-electron chi connectivity index (χ1n) is 6.25. The average molecular weight is 282 g/mol. The van der Waals surface area contributed by atoms with Crippen molar-refractivity contribution < 1.29 is 19.2 Å². The van der Waals surface area contributed by atoms with Crippen LogP contribution in [0.4, 0.5) is 9.59 Å². The summed E-state index contributed by atoms with van der Waals surface area (Å²) in [6.07, 6.45) is 0. The highest BCUT2D eigenvalue weighted by molar-refractivity contribution is 6.06. The second-order valence-corrected chi connectivity index (χ2v) is 5.89. The molecule has 2 N–H and O–H groups in total. The van der Waals surface area contributed by atoms with Crippen LogP contribution in [-0.4, -0.2) is 60.9 Å². The Bertz CT molecular complexity index is 474. The van der Waals surface area contributed by atoms with E-state index in [0.717, 1.165) is 0 Å². The summed E-state index contributed by atoms with van der Waals surface area (Å²) in [5.74, 6) is -0.998. The maximum Gasteiger partial charge on any atom is 0.323 e. The smallest absolute Gasteiger partial charge is 0.323 e. The van der Waals surface area contributed by atoms with Crippen molar-refractivity contribution in [2.24, 2.45) is 10.8 Å². The van der Waals surface area contributed by atoms with Gasteiger partial charge in [-0.3, -0.25) is 20.2 Å². The number of hydrogen-bond donors (Lipinski definition) is 2. The molecule has 2 rings (SSSR count). The summed E-state index contributed by atoms with van der Waals surface area (Å²) in [6, 6.07) is -0.978. The van der Waals surface area contributed by atoms with Crippen molar-refractivity contribution in [2.45, 2.75) is 13.8 Å². The van der Waals surface area contributed by atoms with Crippen LogP contribution in [0.2, 0.25) is 0 Å². The maximum absolute atomic E-state index is 12.3. The van der Waals surface area contributed by atoms with Gasteiger partial charge in [0.2, 0.25) is 11.8 Å². The van der Waals surface area contributed by atoms with E-state index >= 15 is 0 Å². The van der Waals surface area contributed by atoms with E-state index in [2.05, 4.69) is 10.6 Å². The van der Waals surface area contributed by atoms with E-state index in [1.165, 1.54) is 9.80 Å². The number of amides is 6. The molecule has 6 amide bonds. The number of nitrogens with one attached hydrogen (secondary N) is 2. The molecule has 8 heteroatoms. The zero-order valence-electron chi connectivity index (χ0n) is 11.9. The summed E-state index contributed by atoms with van der Waals surface area (Å²) >= 11 is 0. The zero-order chi connectivity index (χ0) is 15.3. The lowest BCUT2D eigenvalue weighted by Crippen LogP contribution is -2.71. The fourth-order valence-corrected chi connectivity index (χ4v) is 2.75. The number of urea groups is 2. The fraction of sp³-hybridized carbons (Fsp3) is 0.667. The average Bonchev–Trinajstić information content (AvgIpc) is 2.34. The van der Waals surface area contributed by atoms with Gasteiger partial charge in [-0.2, -0.15) is 0 Å². The molecular weight excluding hydrogens is 264 g/mol. The van der Waals surface area contributed by atoms with E-state index in [1.807, 2.05) is 0 Å². The van der Waals surface area contributed by atoms with Crippen LogP contribution in [0.15, 0.2) is 0 Å². The van der Waals surface area contributed by atoms with Gasteiger partial charge in [0.15, 0.2) is 0 Å². The molecule has 0 aromatic rings. The standard InChI is InChI=1S/C12H18N4O4/c1-11(5-15(3)9(19)13-7(11)17)12(2)6-16(4)10(20)14-8(12)18/h5-6H2,1-4H3,(H,13,17,19)(H,14,18,20)/t11-,12+.